The van der Waals surface area contributed by atoms with Crippen LogP contribution in [0, 0.1) is 11.6 Å². The van der Waals surface area contributed by atoms with E-state index in [1.165, 1.54) is 10.8 Å². The third-order valence-corrected chi connectivity index (χ3v) is 3.13. The Morgan fingerprint density at radius 3 is 2.67 bits per heavy atom. The Morgan fingerprint density at radius 2 is 1.83 bits per heavy atom. The van der Waals surface area contributed by atoms with E-state index in [9.17, 15) is 0 Å². The first-order valence-corrected chi connectivity index (χ1v) is 6.21. The number of nitrogens with zero attached hydrogens (tertiary/aromatic N) is 1. The van der Waals surface area contributed by atoms with Crippen molar-refractivity contribution in [2.24, 2.45) is 0 Å². The molecule has 0 atom stereocenters. The average molecular weight is 252 g/mol. The fraction of sp³-hybridized carbons (Fsp3) is 0.0667. The van der Waals surface area contributed by atoms with Gasteiger partial charge in [-0.3, -0.25) is 0 Å². The zero-order valence-corrected chi connectivity index (χ0v) is 10.8. The molecule has 3 heteroatoms. The van der Waals surface area contributed by atoms with Crippen LogP contribution in [0.5, 0.6) is 0 Å². The summed E-state index contributed by atoms with van der Waals surface area (Å²) in [6.45, 7) is 1.99. The van der Waals surface area contributed by atoms with Crippen molar-refractivity contribution in [3.63, 3.8) is 0 Å². The molecule has 0 unspecified atom stereocenters. The molecule has 0 spiro atoms. The Morgan fingerprint density at radius 1 is 1.06 bits per heavy atom. The fourth-order valence-electron chi connectivity index (χ4n) is 2.14. The van der Waals surface area contributed by atoms with Crippen LogP contribution >= 0.6 is 12.2 Å². The van der Waals surface area contributed by atoms with Crippen LogP contribution in [0.15, 0.2) is 48.5 Å². The van der Waals surface area contributed by atoms with Gasteiger partial charge in [0.15, 0.2) is 0 Å². The van der Waals surface area contributed by atoms with Crippen LogP contribution < -0.4 is 0 Å². The minimum absolute atomic E-state index is 0.620. The molecular formula is C15H12N2S. The van der Waals surface area contributed by atoms with Gasteiger partial charge in [-0.2, -0.15) is 0 Å². The maximum atomic E-state index is 5.18. The molecule has 0 radical (unpaired) electrons. The molecule has 0 aliphatic carbocycles. The van der Waals surface area contributed by atoms with Gasteiger partial charge in [0.05, 0.1) is 0 Å². The monoisotopic (exact) mass is 252 g/mol. The molecule has 0 fully saturated rings. The quantitative estimate of drug-likeness (QED) is 0.655. The van der Waals surface area contributed by atoms with E-state index >= 15 is 0 Å². The van der Waals surface area contributed by atoms with Gasteiger partial charge >= 0.3 is 0 Å². The lowest BCUT2D eigenvalue weighted by Crippen LogP contribution is -1.92. The van der Waals surface area contributed by atoms with Crippen LogP contribution in [0.3, 0.4) is 0 Å². The normalized spacial score (nSPS) is 10.7. The number of hydrogen-bond donors (Lipinski definition) is 1. The van der Waals surface area contributed by atoms with Crippen molar-refractivity contribution in [3.05, 3.63) is 58.9 Å². The Balaban J connectivity index is 2.34. The topological polar surface area (TPSA) is 28.7 Å². The number of fused-ring (bicyclic) bond motifs is 1. The van der Waals surface area contributed by atoms with Gasteiger partial charge in [-0.15, -0.1) is 0 Å². The number of aromatic nitrogens is 2. The second-order valence-electron chi connectivity index (χ2n) is 4.28. The van der Waals surface area contributed by atoms with Crippen molar-refractivity contribution in [2.75, 3.05) is 0 Å². The summed E-state index contributed by atoms with van der Waals surface area (Å²) >= 11 is 5.18. The highest BCUT2D eigenvalue weighted by atomic mass is 32.1. The number of rotatable bonds is 1. The summed E-state index contributed by atoms with van der Waals surface area (Å²) in [4.78, 5) is 7.69. The van der Waals surface area contributed by atoms with Gasteiger partial charge in [0.1, 0.15) is 10.5 Å². The van der Waals surface area contributed by atoms with Crippen LogP contribution in [0.4, 0.5) is 0 Å². The molecule has 1 aromatic heterocycles. The maximum Gasteiger partial charge on any atom is 0.139 e. The van der Waals surface area contributed by atoms with Crippen molar-refractivity contribution in [3.8, 4) is 11.4 Å². The first kappa shape index (κ1) is 11.1. The molecule has 0 aliphatic rings. The van der Waals surface area contributed by atoms with Crippen molar-refractivity contribution < 1.29 is 0 Å². The van der Waals surface area contributed by atoms with Gasteiger partial charge in [-0.1, -0.05) is 54.7 Å². The highest BCUT2D eigenvalue weighted by molar-refractivity contribution is 7.71. The highest BCUT2D eigenvalue weighted by Crippen LogP contribution is 2.25. The number of aromatic amines is 1. The maximum absolute atomic E-state index is 5.18. The minimum Gasteiger partial charge on any atom is -0.343 e. The zero-order valence-electron chi connectivity index (χ0n) is 9.97. The van der Waals surface area contributed by atoms with Gasteiger partial charge < -0.3 is 4.98 Å². The van der Waals surface area contributed by atoms with Crippen LogP contribution in [0.2, 0.25) is 0 Å². The first-order chi connectivity index (χ1) is 8.74. The largest absolute Gasteiger partial charge is 0.343 e. The molecule has 0 amide bonds. The van der Waals surface area contributed by atoms with Crippen molar-refractivity contribution in [1.29, 1.82) is 0 Å². The van der Waals surface area contributed by atoms with E-state index in [1.807, 2.05) is 31.2 Å². The molecule has 2 aromatic carbocycles. The fourth-order valence-corrected chi connectivity index (χ4v) is 2.41. The number of benzene rings is 2. The molecule has 0 bridgehead atoms. The van der Waals surface area contributed by atoms with Gasteiger partial charge in [-0.25, -0.2) is 4.98 Å². The molecule has 1 N–H and O–H groups in total. The Labute approximate surface area is 110 Å². The lowest BCUT2D eigenvalue weighted by Gasteiger charge is -2.06. The zero-order chi connectivity index (χ0) is 12.5. The number of hydrogen-bond acceptors (Lipinski definition) is 2. The standard InChI is InChI=1S/C15H12N2S/c1-10-9-14(18)17-15(16-10)13-8-4-6-11-5-2-3-7-12(11)13/h2-9H,1H3,(H,16,17,18). The lowest BCUT2D eigenvalue weighted by molar-refractivity contribution is 1.10. The molecule has 1 heterocycles. The van der Waals surface area contributed by atoms with Crippen LogP contribution in [-0.4, -0.2) is 9.97 Å². The van der Waals surface area contributed by atoms with Gasteiger partial charge in [-0.05, 0) is 23.8 Å². The van der Waals surface area contributed by atoms with E-state index in [2.05, 4.69) is 34.2 Å². The van der Waals surface area contributed by atoms with E-state index in [1.54, 1.807) is 0 Å². The smallest absolute Gasteiger partial charge is 0.139 e. The van der Waals surface area contributed by atoms with Gasteiger partial charge in [0, 0.05) is 11.3 Å². The van der Waals surface area contributed by atoms with E-state index in [4.69, 9.17) is 12.2 Å². The summed E-state index contributed by atoms with van der Waals surface area (Å²) in [5.41, 5.74) is 2.11. The van der Waals surface area contributed by atoms with E-state index < -0.39 is 0 Å². The van der Waals surface area contributed by atoms with Gasteiger partial charge in [0.25, 0.3) is 0 Å². The molecule has 2 nitrogen and oxygen atoms in total. The summed E-state index contributed by atoms with van der Waals surface area (Å²) < 4.78 is 0.620. The summed E-state index contributed by atoms with van der Waals surface area (Å²) in [6.07, 6.45) is 0. The third-order valence-electron chi connectivity index (χ3n) is 2.92. The molecule has 3 rings (SSSR count). The van der Waals surface area contributed by atoms with Crippen molar-refractivity contribution in [2.45, 2.75) is 6.92 Å². The van der Waals surface area contributed by atoms with Crippen LogP contribution in [-0.2, 0) is 0 Å². The molecule has 88 valence electrons. The second kappa shape index (κ2) is 4.35. The van der Waals surface area contributed by atoms with E-state index in [0.29, 0.717) is 4.64 Å². The summed E-state index contributed by atoms with van der Waals surface area (Å²) in [5, 5.41) is 2.39. The molecule has 0 aliphatic heterocycles. The molecule has 18 heavy (non-hydrogen) atoms. The van der Waals surface area contributed by atoms with Crippen molar-refractivity contribution >= 4 is 23.0 Å². The molecule has 0 saturated heterocycles. The molecule has 0 saturated carbocycles. The Bertz CT molecular complexity index is 769. The number of aryl methyl sites for hydroxylation is 1. The molecule has 3 aromatic rings. The second-order valence-corrected chi connectivity index (χ2v) is 4.70. The van der Waals surface area contributed by atoms with E-state index in [-0.39, 0.29) is 0 Å². The summed E-state index contributed by atoms with van der Waals surface area (Å²) in [6, 6.07) is 16.4. The van der Waals surface area contributed by atoms with Crippen LogP contribution in [0.25, 0.3) is 22.2 Å². The van der Waals surface area contributed by atoms with Crippen LogP contribution in [0.1, 0.15) is 5.69 Å². The molecular weight excluding hydrogens is 240 g/mol. The highest BCUT2D eigenvalue weighted by Gasteiger charge is 2.05. The first-order valence-electron chi connectivity index (χ1n) is 5.80. The third kappa shape index (κ3) is 1.93. The summed E-state index contributed by atoms with van der Waals surface area (Å²) in [7, 11) is 0. The number of H-pyrrole nitrogens is 1. The lowest BCUT2D eigenvalue weighted by atomic mass is 10.0. The predicted octanol–water partition coefficient (Wildman–Crippen LogP) is 4.27. The minimum atomic E-state index is 0.620. The Kier molecular flexibility index (Phi) is 2.68. The summed E-state index contributed by atoms with van der Waals surface area (Å²) in [5.74, 6) is 0.830. The average Bonchev–Trinajstić information content (AvgIpc) is 2.37. The SMILES string of the molecule is Cc1cc(=S)nc(-c2cccc3ccccc23)[nH]1. The van der Waals surface area contributed by atoms with E-state index in [0.717, 1.165) is 17.1 Å². The van der Waals surface area contributed by atoms with Gasteiger partial charge in [0.2, 0.25) is 0 Å². The van der Waals surface area contributed by atoms with Crippen molar-refractivity contribution in [1.82, 2.24) is 9.97 Å². The number of nitrogens with one attached hydrogen (secondary N) is 1. The Hall–Kier alpha value is -2.00. The predicted molar refractivity (Wildman–Crippen MR) is 77.1 cm³/mol.